The highest BCUT2D eigenvalue weighted by Gasteiger charge is 2.29. The molecule has 0 unspecified atom stereocenters. The van der Waals surface area contributed by atoms with Crippen LogP contribution in [0.25, 0.3) is 11.3 Å². The fourth-order valence-electron chi connectivity index (χ4n) is 2.77. The molecular formula is C20H19N3O5. The molecule has 1 aliphatic rings. The minimum Gasteiger partial charge on any atom is -0.491 e. The third-order valence-electron chi connectivity index (χ3n) is 4.03. The molecule has 0 saturated carbocycles. The first-order valence-electron chi connectivity index (χ1n) is 8.89. The predicted molar refractivity (Wildman–Crippen MR) is 100 cm³/mol. The number of fused-ring (bicyclic) bond motifs is 1. The minimum atomic E-state index is -0.804. The summed E-state index contributed by atoms with van der Waals surface area (Å²) < 4.78 is 21.7. The molecule has 1 aliphatic heterocycles. The van der Waals surface area contributed by atoms with Crippen LogP contribution in [0, 0.1) is 0 Å². The van der Waals surface area contributed by atoms with Crippen LogP contribution in [0.15, 0.2) is 53.2 Å². The SMILES string of the molecule is CC(C)Oc1ccc(-c2nonc2NC(=O)[C@H]2COc3ccccc3O2)cc1. The highest BCUT2D eigenvalue weighted by atomic mass is 16.6. The summed E-state index contributed by atoms with van der Waals surface area (Å²) in [6, 6.07) is 14.5. The van der Waals surface area contributed by atoms with E-state index < -0.39 is 12.0 Å². The van der Waals surface area contributed by atoms with E-state index in [1.165, 1.54) is 0 Å². The normalized spacial score (nSPS) is 15.3. The number of benzene rings is 2. The van der Waals surface area contributed by atoms with Crippen molar-refractivity contribution in [3.8, 4) is 28.5 Å². The van der Waals surface area contributed by atoms with Crippen molar-refractivity contribution in [3.63, 3.8) is 0 Å². The van der Waals surface area contributed by atoms with Gasteiger partial charge in [-0.3, -0.25) is 4.79 Å². The Morgan fingerprint density at radius 3 is 2.61 bits per heavy atom. The Morgan fingerprint density at radius 2 is 1.86 bits per heavy atom. The van der Waals surface area contributed by atoms with Crippen molar-refractivity contribution in [2.24, 2.45) is 0 Å². The number of para-hydroxylation sites is 2. The van der Waals surface area contributed by atoms with Crippen LogP contribution in [0.3, 0.4) is 0 Å². The molecule has 0 saturated heterocycles. The van der Waals surface area contributed by atoms with Gasteiger partial charge in [0.05, 0.1) is 6.10 Å². The van der Waals surface area contributed by atoms with Gasteiger partial charge in [0.25, 0.3) is 5.91 Å². The van der Waals surface area contributed by atoms with Crippen LogP contribution in [0.4, 0.5) is 5.82 Å². The molecule has 1 aromatic heterocycles. The largest absolute Gasteiger partial charge is 0.491 e. The van der Waals surface area contributed by atoms with E-state index in [2.05, 4.69) is 15.6 Å². The van der Waals surface area contributed by atoms with E-state index in [1.807, 2.05) is 50.2 Å². The highest BCUT2D eigenvalue weighted by molar-refractivity contribution is 5.96. The molecule has 0 fully saturated rings. The van der Waals surface area contributed by atoms with Crippen molar-refractivity contribution in [1.82, 2.24) is 10.3 Å². The Balaban J connectivity index is 1.47. The Labute approximate surface area is 161 Å². The van der Waals surface area contributed by atoms with Crippen molar-refractivity contribution < 1.29 is 23.6 Å². The van der Waals surface area contributed by atoms with Crippen molar-refractivity contribution in [2.45, 2.75) is 26.1 Å². The molecule has 2 heterocycles. The molecule has 1 atom stereocenters. The van der Waals surface area contributed by atoms with E-state index in [0.717, 1.165) is 11.3 Å². The average molecular weight is 381 g/mol. The lowest BCUT2D eigenvalue weighted by molar-refractivity contribution is -0.125. The maximum Gasteiger partial charge on any atom is 0.270 e. The third-order valence-corrected chi connectivity index (χ3v) is 4.03. The van der Waals surface area contributed by atoms with Crippen LogP contribution in [-0.4, -0.2) is 35.0 Å². The number of hydrogen-bond acceptors (Lipinski definition) is 7. The second kappa shape index (κ2) is 7.59. The summed E-state index contributed by atoms with van der Waals surface area (Å²) in [6.45, 7) is 4.02. The number of nitrogens with zero attached hydrogens (tertiary/aromatic N) is 2. The molecule has 0 radical (unpaired) electrons. The van der Waals surface area contributed by atoms with Crippen LogP contribution >= 0.6 is 0 Å². The van der Waals surface area contributed by atoms with E-state index >= 15 is 0 Å². The predicted octanol–water partition coefficient (Wildman–Crippen LogP) is 3.30. The fourth-order valence-corrected chi connectivity index (χ4v) is 2.77. The molecule has 8 nitrogen and oxygen atoms in total. The molecule has 2 aromatic carbocycles. The summed E-state index contributed by atoms with van der Waals surface area (Å²) in [5, 5.41) is 10.4. The Kier molecular flexibility index (Phi) is 4.84. The smallest absolute Gasteiger partial charge is 0.270 e. The summed E-state index contributed by atoms with van der Waals surface area (Å²) in [5.74, 6) is 1.69. The van der Waals surface area contributed by atoms with Gasteiger partial charge in [0.1, 0.15) is 12.4 Å². The zero-order valence-electron chi connectivity index (χ0n) is 15.4. The second-order valence-electron chi connectivity index (χ2n) is 6.51. The molecular weight excluding hydrogens is 362 g/mol. The van der Waals surface area contributed by atoms with Gasteiger partial charge in [-0.05, 0) is 60.6 Å². The standard InChI is InChI=1S/C20H19N3O5/c1-12(2)26-14-9-7-13(8-10-14)18-19(23-28-22-18)21-20(24)17-11-25-15-5-3-4-6-16(15)27-17/h3-10,12,17H,11H2,1-2H3,(H,21,23,24)/t17-/m1/s1. The number of aromatic nitrogens is 2. The molecule has 0 spiro atoms. The summed E-state index contributed by atoms with van der Waals surface area (Å²) in [6.07, 6.45) is -0.724. The van der Waals surface area contributed by atoms with Crippen LogP contribution in [0.2, 0.25) is 0 Å². The number of hydrogen-bond donors (Lipinski definition) is 1. The van der Waals surface area contributed by atoms with Gasteiger partial charge >= 0.3 is 0 Å². The molecule has 3 aromatic rings. The van der Waals surface area contributed by atoms with E-state index in [-0.39, 0.29) is 18.5 Å². The maximum atomic E-state index is 12.6. The van der Waals surface area contributed by atoms with E-state index in [1.54, 1.807) is 12.1 Å². The zero-order valence-corrected chi connectivity index (χ0v) is 15.4. The minimum absolute atomic E-state index is 0.0808. The number of carbonyl (C=O) groups excluding carboxylic acids is 1. The van der Waals surface area contributed by atoms with Crippen molar-refractivity contribution in [2.75, 3.05) is 11.9 Å². The lowest BCUT2D eigenvalue weighted by atomic mass is 10.1. The van der Waals surface area contributed by atoms with Crippen molar-refractivity contribution in [3.05, 3.63) is 48.5 Å². The van der Waals surface area contributed by atoms with Gasteiger partial charge in [0.15, 0.2) is 17.2 Å². The molecule has 1 amide bonds. The Hall–Kier alpha value is -3.55. The van der Waals surface area contributed by atoms with Gasteiger partial charge in [0, 0.05) is 5.56 Å². The van der Waals surface area contributed by atoms with Gasteiger partial charge in [-0.15, -0.1) is 0 Å². The van der Waals surface area contributed by atoms with Gasteiger partial charge in [-0.1, -0.05) is 12.1 Å². The summed E-state index contributed by atoms with van der Waals surface area (Å²) >= 11 is 0. The van der Waals surface area contributed by atoms with Gasteiger partial charge < -0.3 is 19.5 Å². The van der Waals surface area contributed by atoms with Gasteiger partial charge in [-0.2, -0.15) is 0 Å². The van der Waals surface area contributed by atoms with Crippen molar-refractivity contribution in [1.29, 1.82) is 0 Å². The topological polar surface area (TPSA) is 95.7 Å². The molecule has 144 valence electrons. The van der Waals surface area contributed by atoms with Crippen LogP contribution in [-0.2, 0) is 4.79 Å². The fraction of sp³-hybridized carbons (Fsp3) is 0.250. The first-order chi connectivity index (χ1) is 13.6. The number of ether oxygens (including phenoxy) is 3. The van der Waals surface area contributed by atoms with Crippen LogP contribution in [0.1, 0.15) is 13.8 Å². The number of nitrogens with one attached hydrogen (secondary N) is 1. The molecule has 0 bridgehead atoms. The second-order valence-corrected chi connectivity index (χ2v) is 6.51. The average Bonchev–Trinajstić information content (AvgIpc) is 3.16. The van der Waals surface area contributed by atoms with Crippen molar-refractivity contribution >= 4 is 11.7 Å². The molecule has 8 heteroatoms. The van der Waals surface area contributed by atoms with E-state index in [4.69, 9.17) is 18.8 Å². The summed E-state index contributed by atoms with van der Waals surface area (Å²) in [4.78, 5) is 12.6. The van der Waals surface area contributed by atoms with Crippen LogP contribution in [0.5, 0.6) is 17.2 Å². The molecule has 4 rings (SSSR count). The number of rotatable bonds is 5. The third kappa shape index (κ3) is 3.75. The summed E-state index contributed by atoms with van der Waals surface area (Å²) in [7, 11) is 0. The maximum absolute atomic E-state index is 12.6. The number of anilines is 1. The number of amides is 1. The highest BCUT2D eigenvalue weighted by Crippen LogP contribution is 2.32. The quantitative estimate of drug-likeness (QED) is 0.724. The Morgan fingerprint density at radius 1 is 1.11 bits per heavy atom. The van der Waals surface area contributed by atoms with E-state index in [9.17, 15) is 4.79 Å². The molecule has 0 aliphatic carbocycles. The Bertz CT molecular complexity index is 968. The molecule has 1 N–H and O–H groups in total. The zero-order chi connectivity index (χ0) is 19.5. The first kappa shape index (κ1) is 17.8. The van der Waals surface area contributed by atoms with Gasteiger partial charge in [-0.25, -0.2) is 4.63 Å². The first-order valence-corrected chi connectivity index (χ1v) is 8.89. The van der Waals surface area contributed by atoms with E-state index in [0.29, 0.717) is 17.2 Å². The molecule has 28 heavy (non-hydrogen) atoms. The monoisotopic (exact) mass is 381 g/mol. The van der Waals surface area contributed by atoms with Gasteiger partial charge in [0.2, 0.25) is 11.9 Å². The summed E-state index contributed by atoms with van der Waals surface area (Å²) in [5.41, 5.74) is 1.15. The lowest BCUT2D eigenvalue weighted by Crippen LogP contribution is -2.40. The number of carbonyl (C=O) groups is 1. The van der Waals surface area contributed by atoms with Crippen LogP contribution < -0.4 is 19.5 Å². The lowest BCUT2D eigenvalue weighted by Gasteiger charge is -2.25.